The van der Waals surface area contributed by atoms with E-state index in [1.165, 1.54) is 11.1 Å². The molecule has 8 heteroatoms. The molecular formula is C25H23ClN6O. The monoisotopic (exact) mass is 458 g/mol. The van der Waals surface area contributed by atoms with Crippen molar-refractivity contribution in [3.05, 3.63) is 77.2 Å². The summed E-state index contributed by atoms with van der Waals surface area (Å²) in [5.74, 6) is 1.65. The maximum atomic E-state index is 6.30. The predicted octanol–water partition coefficient (Wildman–Crippen LogP) is 4.82. The summed E-state index contributed by atoms with van der Waals surface area (Å²) in [6.45, 7) is 6.56. The molecular weight excluding hydrogens is 436 g/mol. The Hall–Kier alpha value is -3.42. The Morgan fingerprint density at radius 1 is 1.00 bits per heavy atom. The molecule has 0 radical (unpaired) electrons. The zero-order valence-corrected chi connectivity index (χ0v) is 19.0. The third-order valence-corrected chi connectivity index (χ3v) is 6.44. The third kappa shape index (κ3) is 3.73. The summed E-state index contributed by atoms with van der Waals surface area (Å²) in [5, 5.41) is 10.8. The number of piperazine rings is 1. The second-order valence-electron chi connectivity index (χ2n) is 8.52. The molecule has 33 heavy (non-hydrogen) atoms. The Bertz CT molecular complexity index is 1440. The van der Waals surface area contributed by atoms with Gasteiger partial charge in [0, 0.05) is 54.3 Å². The number of hydrogen-bond donors (Lipinski definition) is 0. The van der Waals surface area contributed by atoms with E-state index >= 15 is 0 Å². The van der Waals surface area contributed by atoms with Gasteiger partial charge >= 0.3 is 0 Å². The number of hydrogen-bond acceptors (Lipinski definition) is 6. The molecule has 1 fully saturated rings. The fourth-order valence-electron chi connectivity index (χ4n) is 4.52. The van der Waals surface area contributed by atoms with Crippen LogP contribution >= 0.6 is 11.6 Å². The summed E-state index contributed by atoms with van der Waals surface area (Å²) in [5.41, 5.74) is 5.03. The molecule has 6 rings (SSSR count). The van der Waals surface area contributed by atoms with Crippen molar-refractivity contribution in [3.8, 4) is 11.4 Å². The smallest absolute Gasteiger partial charge is 0.213 e. The molecule has 0 N–H and O–H groups in total. The first-order chi connectivity index (χ1) is 16.2. The number of benzene rings is 2. The number of halogens is 1. The van der Waals surface area contributed by atoms with Crippen molar-refractivity contribution >= 4 is 34.1 Å². The second-order valence-corrected chi connectivity index (χ2v) is 8.96. The van der Waals surface area contributed by atoms with Crippen LogP contribution in [0.4, 0.5) is 5.95 Å². The Morgan fingerprint density at radius 2 is 1.88 bits per heavy atom. The highest BCUT2D eigenvalue weighted by Gasteiger charge is 2.24. The minimum atomic E-state index is 0.661. The molecule has 0 spiro atoms. The van der Waals surface area contributed by atoms with Crippen LogP contribution in [0.25, 0.3) is 27.9 Å². The maximum Gasteiger partial charge on any atom is 0.213 e. The molecule has 4 heterocycles. The van der Waals surface area contributed by atoms with Crippen molar-refractivity contribution in [2.75, 3.05) is 31.1 Å². The number of aryl methyl sites for hydroxylation is 1. The van der Waals surface area contributed by atoms with E-state index in [1.54, 1.807) is 6.26 Å². The molecule has 1 saturated heterocycles. The summed E-state index contributed by atoms with van der Waals surface area (Å²) in [6.07, 6.45) is 3.54. The highest BCUT2D eigenvalue weighted by Crippen LogP contribution is 2.30. The lowest BCUT2D eigenvalue weighted by Gasteiger charge is -2.35. The quantitative estimate of drug-likeness (QED) is 0.384. The first-order valence-electron chi connectivity index (χ1n) is 11.1. The predicted molar refractivity (Wildman–Crippen MR) is 130 cm³/mol. The molecule has 0 aliphatic carbocycles. The molecule has 0 amide bonds. The molecule has 166 valence electrons. The van der Waals surface area contributed by atoms with Crippen molar-refractivity contribution < 1.29 is 4.42 Å². The van der Waals surface area contributed by atoms with Crippen LogP contribution in [0, 0.1) is 6.92 Å². The summed E-state index contributed by atoms with van der Waals surface area (Å²) in [7, 11) is 0. The Kier molecular flexibility index (Phi) is 5.00. The Morgan fingerprint density at radius 3 is 2.67 bits per heavy atom. The van der Waals surface area contributed by atoms with Gasteiger partial charge in [-0.3, -0.25) is 4.90 Å². The minimum Gasteiger partial charge on any atom is -0.472 e. The Balaban J connectivity index is 1.43. The largest absolute Gasteiger partial charge is 0.472 e. The number of fused-ring (bicyclic) bond motifs is 3. The molecule has 0 saturated carbocycles. The van der Waals surface area contributed by atoms with Gasteiger partial charge in [0.1, 0.15) is 0 Å². The van der Waals surface area contributed by atoms with Gasteiger partial charge < -0.3 is 9.32 Å². The molecule has 2 aromatic carbocycles. The average Bonchev–Trinajstić information content (AvgIpc) is 3.49. The van der Waals surface area contributed by atoms with E-state index < -0.39 is 0 Å². The summed E-state index contributed by atoms with van der Waals surface area (Å²) >= 11 is 6.30. The van der Waals surface area contributed by atoms with Gasteiger partial charge in [-0.2, -0.15) is 0 Å². The van der Waals surface area contributed by atoms with Crippen LogP contribution in [0.3, 0.4) is 0 Å². The SMILES string of the molecule is Cc1cccc(-c2nnc3c4ccc(Cl)cc4nc(N4CCN(Cc5ccoc5)CC4)n23)c1. The van der Waals surface area contributed by atoms with Crippen molar-refractivity contribution in [1.29, 1.82) is 0 Å². The van der Waals surface area contributed by atoms with Crippen molar-refractivity contribution in [1.82, 2.24) is 24.5 Å². The number of furan rings is 1. The number of aromatic nitrogens is 4. The first kappa shape index (κ1) is 20.2. The number of rotatable bonds is 4. The van der Waals surface area contributed by atoms with Gasteiger partial charge in [0.2, 0.25) is 5.95 Å². The van der Waals surface area contributed by atoms with Gasteiger partial charge in [0.25, 0.3) is 0 Å². The standard InChI is InChI=1S/C25H23ClN6O/c1-17-3-2-4-19(13-17)23-28-29-24-21-6-5-20(26)14-22(21)27-25(32(23)24)31-10-8-30(9-11-31)15-18-7-12-33-16-18/h2-7,12-14,16H,8-11,15H2,1H3. The lowest BCUT2D eigenvalue weighted by molar-refractivity contribution is 0.248. The maximum absolute atomic E-state index is 6.30. The van der Waals surface area contributed by atoms with E-state index in [1.807, 2.05) is 36.6 Å². The molecule has 7 nitrogen and oxygen atoms in total. The van der Waals surface area contributed by atoms with Gasteiger partial charge in [0.15, 0.2) is 11.5 Å². The number of nitrogens with zero attached hydrogens (tertiary/aromatic N) is 6. The van der Waals surface area contributed by atoms with E-state index in [2.05, 4.69) is 49.5 Å². The van der Waals surface area contributed by atoms with Crippen LogP contribution < -0.4 is 4.90 Å². The fourth-order valence-corrected chi connectivity index (χ4v) is 4.69. The average molecular weight is 459 g/mol. The summed E-state index contributed by atoms with van der Waals surface area (Å²) < 4.78 is 7.32. The normalized spacial score (nSPS) is 15.0. The topological polar surface area (TPSA) is 62.7 Å². The van der Waals surface area contributed by atoms with Crippen LogP contribution in [-0.4, -0.2) is 50.7 Å². The van der Waals surface area contributed by atoms with Crippen LogP contribution in [0.15, 0.2) is 65.5 Å². The fraction of sp³-hybridized carbons (Fsp3) is 0.240. The van der Waals surface area contributed by atoms with E-state index in [0.717, 1.165) is 66.6 Å². The first-order valence-corrected chi connectivity index (χ1v) is 11.4. The van der Waals surface area contributed by atoms with E-state index in [-0.39, 0.29) is 0 Å². The highest BCUT2D eigenvalue weighted by molar-refractivity contribution is 6.31. The molecule has 0 bridgehead atoms. The number of anilines is 1. The molecule has 0 unspecified atom stereocenters. The van der Waals surface area contributed by atoms with Crippen LogP contribution in [0.1, 0.15) is 11.1 Å². The molecule has 1 aliphatic rings. The lowest BCUT2D eigenvalue weighted by atomic mass is 10.1. The molecule has 1 aliphatic heterocycles. The van der Waals surface area contributed by atoms with Crippen molar-refractivity contribution in [2.45, 2.75) is 13.5 Å². The molecule has 0 atom stereocenters. The van der Waals surface area contributed by atoms with Gasteiger partial charge in [-0.15, -0.1) is 10.2 Å². The van der Waals surface area contributed by atoms with Crippen molar-refractivity contribution in [3.63, 3.8) is 0 Å². The third-order valence-electron chi connectivity index (χ3n) is 6.20. The van der Waals surface area contributed by atoms with Crippen molar-refractivity contribution in [2.24, 2.45) is 0 Å². The molecule has 5 aromatic rings. The van der Waals surface area contributed by atoms with Gasteiger partial charge in [-0.1, -0.05) is 35.4 Å². The van der Waals surface area contributed by atoms with E-state index in [9.17, 15) is 0 Å². The zero-order chi connectivity index (χ0) is 22.4. The highest BCUT2D eigenvalue weighted by atomic mass is 35.5. The lowest BCUT2D eigenvalue weighted by Crippen LogP contribution is -2.46. The second kappa shape index (κ2) is 8.17. The van der Waals surface area contributed by atoms with E-state index in [4.69, 9.17) is 21.0 Å². The zero-order valence-electron chi connectivity index (χ0n) is 18.3. The Labute approximate surface area is 196 Å². The van der Waals surface area contributed by atoms with Gasteiger partial charge in [0.05, 0.1) is 18.0 Å². The van der Waals surface area contributed by atoms with Gasteiger partial charge in [-0.25, -0.2) is 9.38 Å². The summed E-state index contributed by atoms with van der Waals surface area (Å²) in [4.78, 5) is 9.82. The van der Waals surface area contributed by atoms with Crippen LogP contribution in [-0.2, 0) is 6.54 Å². The molecule has 3 aromatic heterocycles. The summed E-state index contributed by atoms with van der Waals surface area (Å²) in [6, 6.07) is 16.1. The van der Waals surface area contributed by atoms with E-state index in [0.29, 0.717) is 5.02 Å². The van der Waals surface area contributed by atoms with Gasteiger partial charge in [-0.05, 0) is 37.3 Å². The van der Waals surface area contributed by atoms with Crippen LogP contribution in [0.2, 0.25) is 5.02 Å². The minimum absolute atomic E-state index is 0.661. The van der Waals surface area contributed by atoms with Crippen LogP contribution in [0.5, 0.6) is 0 Å².